The van der Waals surface area contributed by atoms with E-state index in [1.807, 2.05) is 0 Å². The molecule has 2 aromatic rings. The molecule has 0 unspecified atom stereocenters. The Morgan fingerprint density at radius 3 is 2.55 bits per heavy atom. The molecular weight excluding hydrogens is 304 g/mol. The third-order valence-electron chi connectivity index (χ3n) is 2.60. The van der Waals surface area contributed by atoms with Gasteiger partial charge in [0.1, 0.15) is 34.6 Å². The molecule has 0 saturated heterocycles. The third-order valence-corrected chi connectivity index (χ3v) is 2.60. The van der Waals surface area contributed by atoms with Gasteiger partial charge in [-0.2, -0.15) is 18.4 Å². The molecule has 0 N–H and O–H groups in total. The van der Waals surface area contributed by atoms with E-state index in [-0.39, 0.29) is 22.9 Å². The monoisotopic (exact) mass is 312 g/mol. The summed E-state index contributed by atoms with van der Waals surface area (Å²) in [7, 11) is 1.22. The smallest absolute Gasteiger partial charge is 0.433 e. The molecule has 0 atom stereocenters. The van der Waals surface area contributed by atoms with E-state index in [4.69, 9.17) is 14.7 Å². The standard InChI is InChI=1S/C14H8F4N2O2/c1-21-11-6-8(5-10(15)9(11)7-19)22-13-4-2-3-12(20-13)14(16,17)18/h2-6H,1H3. The Balaban J connectivity index is 2.36. The first-order valence-corrected chi connectivity index (χ1v) is 5.85. The maximum Gasteiger partial charge on any atom is 0.433 e. The van der Waals surface area contributed by atoms with E-state index in [2.05, 4.69) is 4.98 Å². The van der Waals surface area contributed by atoms with E-state index < -0.39 is 17.7 Å². The van der Waals surface area contributed by atoms with Crippen LogP contribution in [0.1, 0.15) is 11.3 Å². The van der Waals surface area contributed by atoms with Gasteiger partial charge in [-0.05, 0) is 6.07 Å². The molecule has 0 amide bonds. The van der Waals surface area contributed by atoms with E-state index >= 15 is 0 Å². The maximum atomic E-state index is 13.7. The quantitative estimate of drug-likeness (QED) is 0.806. The lowest BCUT2D eigenvalue weighted by Gasteiger charge is -2.10. The molecule has 0 fully saturated rings. The van der Waals surface area contributed by atoms with Crippen LogP contribution in [0.5, 0.6) is 17.4 Å². The Labute approximate surface area is 122 Å². The van der Waals surface area contributed by atoms with E-state index in [9.17, 15) is 17.6 Å². The molecule has 114 valence electrons. The fourth-order valence-corrected chi connectivity index (χ4v) is 1.64. The van der Waals surface area contributed by atoms with Gasteiger partial charge < -0.3 is 9.47 Å². The average Bonchev–Trinajstić information content (AvgIpc) is 2.46. The second-order valence-electron chi connectivity index (χ2n) is 4.06. The van der Waals surface area contributed by atoms with Gasteiger partial charge in [0.15, 0.2) is 0 Å². The Kier molecular flexibility index (Phi) is 4.17. The predicted molar refractivity (Wildman–Crippen MR) is 67.0 cm³/mol. The SMILES string of the molecule is COc1cc(Oc2cccc(C(F)(F)F)n2)cc(F)c1C#N. The van der Waals surface area contributed by atoms with Gasteiger partial charge in [-0.15, -0.1) is 0 Å². The van der Waals surface area contributed by atoms with E-state index in [1.165, 1.54) is 19.2 Å². The molecular formula is C14H8F4N2O2. The number of aromatic nitrogens is 1. The van der Waals surface area contributed by atoms with Crippen molar-refractivity contribution in [3.63, 3.8) is 0 Å². The first kappa shape index (κ1) is 15.6. The zero-order chi connectivity index (χ0) is 16.3. The number of ether oxygens (including phenoxy) is 2. The van der Waals surface area contributed by atoms with Crippen LogP contribution in [-0.2, 0) is 6.18 Å². The minimum absolute atomic E-state index is 0.0931. The summed E-state index contributed by atoms with van der Waals surface area (Å²) in [6.07, 6.45) is -4.62. The highest BCUT2D eigenvalue weighted by molar-refractivity contribution is 5.49. The Bertz CT molecular complexity index is 739. The van der Waals surface area contributed by atoms with Crippen molar-refractivity contribution in [3.8, 4) is 23.4 Å². The molecule has 0 aliphatic carbocycles. The molecule has 0 spiro atoms. The van der Waals surface area contributed by atoms with Crippen LogP contribution in [0.25, 0.3) is 0 Å². The summed E-state index contributed by atoms with van der Waals surface area (Å²) >= 11 is 0. The second kappa shape index (κ2) is 5.89. The highest BCUT2D eigenvalue weighted by Gasteiger charge is 2.32. The molecule has 0 saturated carbocycles. The number of rotatable bonds is 3. The lowest BCUT2D eigenvalue weighted by atomic mass is 10.2. The highest BCUT2D eigenvalue weighted by atomic mass is 19.4. The molecule has 0 aliphatic heterocycles. The van der Waals surface area contributed by atoms with Gasteiger partial charge in [-0.25, -0.2) is 9.37 Å². The van der Waals surface area contributed by atoms with Crippen molar-refractivity contribution < 1.29 is 27.0 Å². The van der Waals surface area contributed by atoms with E-state index in [0.717, 1.165) is 18.2 Å². The van der Waals surface area contributed by atoms with Crippen LogP contribution in [0.4, 0.5) is 17.6 Å². The number of benzene rings is 1. The van der Waals surface area contributed by atoms with Crippen molar-refractivity contribution in [1.29, 1.82) is 5.26 Å². The lowest BCUT2D eigenvalue weighted by Crippen LogP contribution is -2.08. The highest BCUT2D eigenvalue weighted by Crippen LogP contribution is 2.32. The van der Waals surface area contributed by atoms with Gasteiger partial charge in [0, 0.05) is 18.2 Å². The molecule has 0 radical (unpaired) electrons. The molecule has 4 nitrogen and oxygen atoms in total. The summed E-state index contributed by atoms with van der Waals surface area (Å²) in [5.41, 5.74) is -1.46. The average molecular weight is 312 g/mol. The number of hydrogen-bond donors (Lipinski definition) is 0. The first-order valence-electron chi connectivity index (χ1n) is 5.85. The number of nitrogens with zero attached hydrogens (tertiary/aromatic N) is 2. The first-order chi connectivity index (χ1) is 10.3. The minimum atomic E-state index is -4.62. The molecule has 8 heteroatoms. The molecule has 0 aliphatic rings. The van der Waals surface area contributed by atoms with Gasteiger partial charge in [0.25, 0.3) is 0 Å². The van der Waals surface area contributed by atoms with Crippen LogP contribution in [0.15, 0.2) is 30.3 Å². The number of nitriles is 1. The number of pyridine rings is 1. The van der Waals surface area contributed by atoms with Crippen LogP contribution < -0.4 is 9.47 Å². The molecule has 0 bridgehead atoms. The number of hydrogen-bond acceptors (Lipinski definition) is 4. The summed E-state index contributed by atoms with van der Waals surface area (Å²) in [5, 5.41) is 8.79. The summed E-state index contributed by atoms with van der Waals surface area (Å²) in [5.74, 6) is -1.51. The van der Waals surface area contributed by atoms with Crippen LogP contribution in [0.2, 0.25) is 0 Å². The zero-order valence-corrected chi connectivity index (χ0v) is 11.1. The fourth-order valence-electron chi connectivity index (χ4n) is 1.64. The largest absolute Gasteiger partial charge is 0.495 e. The molecule has 22 heavy (non-hydrogen) atoms. The van der Waals surface area contributed by atoms with Crippen molar-refractivity contribution in [1.82, 2.24) is 4.98 Å². The molecule has 1 aromatic heterocycles. The summed E-state index contributed by atoms with van der Waals surface area (Å²) in [4.78, 5) is 3.29. The van der Waals surface area contributed by atoms with E-state index in [1.54, 1.807) is 6.07 Å². The molecule has 1 heterocycles. The Morgan fingerprint density at radius 1 is 1.23 bits per heavy atom. The maximum absolute atomic E-state index is 13.7. The summed E-state index contributed by atoms with van der Waals surface area (Å²) < 4.78 is 61.3. The van der Waals surface area contributed by atoms with Crippen LogP contribution in [-0.4, -0.2) is 12.1 Å². The predicted octanol–water partition coefficient (Wildman–Crippen LogP) is 3.91. The number of methoxy groups -OCH3 is 1. The van der Waals surface area contributed by atoms with Crippen LogP contribution in [0.3, 0.4) is 0 Å². The number of halogens is 4. The molecule has 1 aromatic carbocycles. The minimum Gasteiger partial charge on any atom is -0.495 e. The zero-order valence-electron chi connectivity index (χ0n) is 11.1. The fraction of sp³-hybridized carbons (Fsp3) is 0.143. The van der Waals surface area contributed by atoms with Crippen molar-refractivity contribution in [2.75, 3.05) is 7.11 Å². The Hall–Kier alpha value is -2.82. The van der Waals surface area contributed by atoms with Gasteiger partial charge in [-0.1, -0.05) is 6.07 Å². The van der Waals surface area contributed by atoms with Gasteiger partial charge in [0.05, 0.1) is 7.11 Å². The summed E-state index contributed by atoms with van der Waals surface area (Å²) in [6, 6.07) is 6.75. The van der Waals surface area contributed by atoms with Crippen LogP contribution in [0, 0.1) is 17.1 Å². The van der Waals surface area contributed by atoms with Gasteiger partial charge in [0.2, 0.25) is 5.88 Å². The summed E-state index contributed by atoms with van der Waals surface area (Å²) in [6.45, 7) is 0. The number of alkyl halides is 3. The van der Waals surface area contributed by atoms with Gasteiger partial charge in [-0.3, -0.25) is 0 Å². The second-order valence-corrected chi connectivity index (χ2v) is 4.06. The van der Waals surface area contributed by atoms with E-state index in [0.29, 0.717) is 0 Å². The van der Waals surface area contributed by atoms with Crippen molar-refractivity contribution in [3.05, 3.63) is 47.4 Å². The van der Waals surface area contributed by atoms with Crippen molar-refractivity contribution in [2.24, 2.45) is 0 Å². The van der Waals surface area contributed by atoms with Gasteiger partial charge >= 0.3 is 6.18 Å². The van der Waals surface area contributed by atoms with Crippen molar-refractivity contribution >= 4 is 0 Å². The van der Waals surface area contributed by atoms with Crippen molar-refractivity contribution in [2.45, 2.75) is 6.18 Å². The van der Waals surface area contributed by atoms with Crippen LogP contribution >= 0.6 is 0 Å². The normalized spacial score (nSPS) is 10.9. The lowest BCUT2D eigenvalue weighted by molar-refractivity contribution is -0.141. The Morgan fingerprint density at radius 2 is 1.95 bits per heavy atom. The third kappa shape index (κ3) is 3.25. The molecule has 2 rings (SSSR count). The topological polar surface area (TPSA) is 55.1 Å².